The second-order valence-electron chi connectivity index (χ2n) is 5.61. The van der Waals surface area contributed by atoms with E-state index < -0.39 is 0 Å². The van der Waals surface area contributed by atoms with Crippen LogP contribution in [-0.2, 0) is 6.42 Å². The summed E-state index contributed by atoms with van der Waals surface area (Å²) in [6.45, 7) is 6.31. The average Bonchev–Trinajstić information content (AvgIpc) is 2.75. The van der Waals surface area contributed by atoms with Gasteiger partial charge in [-0.2, -0.15) is 4.98 Å². The maximum atomic E-state index is 10.0. The van der Waals surface area contributed by atoms with Crippen LogP contribution in [0.4, 0.5) is 0 Å². The molecule has 0 spiro atoms. The molecule has 0 aliphatic heterocycles. The van der Waals surface area contributed by atoms with E-state index in [2.05, 4.69) is 30.9 Å². The first-order chi connectivity index (χ1) is 8.90. The van der Waals surface area contributed by atoms with Crippen LogP contribution in [0, 0.1) is 5.41 Å². The second-order valence-corrected chi connectivity index (χ2v) is 5.61. The van der Waals surface area contributed by atoms with Crippen molar-refractivity contribution in [1.29, 1.82) is 0 Å². The van der Waals surface area contributed by atoms with Crippen molar-refractivity contribution in [1.82, 2.24) is 10.1 Å². The highest BCUT2D eigenvalue weighted by atomic mass is 16.5. The van der Waals surface area contributed by atoms with E-state index in [1.165, 1.54) is 7.11 Å². The van der Waals surface area contributed by atoms with Crippen LogP contribution in [0.1, 0.15) is 26.6 Å². The van der Waals surface area contributed by atoms with Crippen molar-refractivity contribution < 1.29 is 14.4 Å². The molecule has 0 fully saturated rings. The minimum atomic E-state index is 0.0101. The fourth-order valence-corrected chi connectivity index (χ4v) is 1.77. The molecule has 0 saturated heterocycles. The van der Waals surface area contributed by atoms with E-state index in [4.69, 9.17) is 9.26 Å². The second kappa shape index (κ2) is 4.91. The molecule has 0 saturated carbocycles. The van der Waals surface area contributed by atoms with Gasteiger partial charge in [0, 0.05) is 6.42 Å². The van der Waals surface area contributed by atoms with Crippen molar-refractivity contribution in [2.45, 2.75) is 27.2 Å². The number of phenolic OH excluding ortho intramolecular Hbond substituents is 1. The van der Waals surface area contributed by atoms with E-state index in [0.29, 0.717) is 29.4 Å². The smallest absolute Gasteiger partial charge is 0.261 e. The zero-order chi connectivity index (χ0) is 14.0. The van der Waals surface area contributed by atoms with E-state index in [9.17, 15) is 5.11 Å². The van der Waals surface area contributed by atoms with Crippen molar-refractivity contribution in [2.24, 2.45) is 5.41 Å². The number of methoxy groups -OCH3 is 1. The number of hydrogen-bond donors (Lipinski definition) is 1. The number of ether oxygens (including phenoxy) is 1. The van der Waals surface area contributed by atoms with Gasteiger partial charge in [0.15, 0.2) is 17.3 Å². The zero-order valence-electron chi connectivity index (χ0n) is 11.6. The Morgan fingerprint density at radius 3 is 2.68 bits per heavy atom. The SMILES string of the molecule is COc1cccc(-c2nc(CC(C)(C)C)no2)c1O. The number of hydrogen-bond acceptors (Lipinski definition) is 5. The summed E-state index contributed by atoms with van der Waals surface area (Å²) < 4.78 is 10.3. The number of rotatable bonds is 3. The summed E-state index contributed by atoms with van der Waals surface area (Å²) >= 11 is 0. The maximum absolute atomic E-state index is 10.0. The topological polar surface area (TPSA) is 68.4 Å². The predicted octanol–water partition coefficient (Wildman–Crippen LogP) is 3.04. The average molecular weight is 262 g/mol. The highest BCUT2D eigenvalue weighted by molar-refractivity contribution is 5.66. The molecule has 1 N–H and O–H groups in total. The molecule has 0 aliphatic carbocycles. The molecule has 1 aromatic heterocycles. The number of phenols is 1. The maximum Gasteiger partial charge on any atom is 0.261 e. The lowest BCUT2D eigenvalue weighted by atomic mass is 9.92. The lowest BCUT2D eigenvalue weighted by Gasteiger charge is -2.14. The summed E-state index contributed by atoms with van der Waals surface area (Å²) in [5.41, 5.74) is 0.560. The molecule has 0 amide bonds. The lowest BCUT2D eigenvalue weighted by molar-refractivity contribution is 0.367. The van der Waals surface area contributed by atoms with E-state index in [-0.39, 0.29) is 11.2 Å². The van der Waals surface area contributed by atoms with Crippen molar-refractivity contribution in [3.8, 4) is 23.0 Å². The Bertz CT molecular complexity index is 570. The monoisotopic (exact) mass is 262 g/mol. The van der Waals surface area contributed by atoms with E-state index in [0.717, 1.165) is 0 Å². The molecule has 1 heterocycles. The molecule has 19 heavy (non-hydrogen) atoms. The molecule has 5 nitrogen and oxygen atoms in total. The van der Waals surface area contributed by atoms with Crippen LogP contribution in [0.5, 0.6) is 11.5 Å². The van der Waals surface area contributed by atoms with Gasteiger partial charge in [-0.05, 0) is 17.5 Å². The summed E-state index contributed by atoms with van der Waals surface area (Å²) in [6, 6.07) is 5.15. The summed E-state index contributed by atoms with van der Waals surface area (Å²) in [6.07, 6.45) is 0.710. The molecular formula is C14H18N2O3. The predicted molar refractivity (Wildman–Crippen MR) is 71.1 cm³/mol. The molecule has 0 atom stereocenters. The molecule has 5 heteroatoms. The summed E-state index contributed by atoms with van der Waals surface area (Å²) in [5.74, 6) is 1.32. The van der Waals surface area contributed by atoms with E-state index >= 15 is 0 Å². The first-order valence-electron chi connectivity index (χ1n) is 6.09. The highest BCUT2D eigenvalue weighted by Crippen LogP contribution is 2.36. The lowest BCUT2D eigenvalue weighted by Crippen LogP contribution is -2.10. The molecular weight excluding hydrogens is 244 g/mol. The number of aromatic hydroxyl groups is 1. The quantitative estimate of drug-likeness (QED) is 0.920. The number of benzene rings is 1. The van der Waals surface area contributed by atoms with Gasteiger partial charge in [-0.3, -0.25) is 0 Å². The largest absolute Gasteiger partial charge is 0.504 e. The summed E-state index contributed by atoms with van der Waals surface area (Å²) in [5, 5.41) is 14.0. The Labute approximate surface area is 112 Å². The van der Waals surface area contributed by atoms with Gasteiger partial charge in [0.25, 0.3) is 5.89 Å². The minimum Gasteiger partial charge on any atom is -0.504 e. The fourth-order valence-electron chi connectivity index (χ4n) is 1.77. The summed E-state index contributed by atoms with van der Waals surface area (Å²) in [4.78, 5) is 4.31. The standard InChI is InChI=1S/C14H18N2O3/c1-14(2,3)8-11-15-13(19-16-11)9-6-5-7-10(18-4)12(9)17/h5-7,17H,8H2,1-4H3. The highest BCUT2D eigenvalue weighted by Gasteiger charge is 2.19. The molecule has 2 aromatic rings. The Hall–Kier alpha value is -2.04. The summed E-state index contributed by atoms with van der Waals surface area (Å²) in [7, 11) is 1.50. The fraction of sp³-hybridized carbons (Fsp3) is 0.429. The van der Waals surface area contributed by atoms with Crippen LogP contribution in [-0.4, -0.2) is 22.4 Å². The van der Waals surface area contributed by atoms with Gasteiger partial charge in [-0.25, -0.2) is 0 Å². The molecule has 1 aromatic carbocycles. The van der Waals surface area contributed by atoms with Gasteiger partial charge in [-0.1, -0.05) is 32.0 Å². The molecule has 0 unspecified atom stereocenters. The van der Waals surface area contributed by atoms with E-state index in [1.807, 2.05) is 0 Å². The van der Waals surface area contributed by atoms with Crippen LogP contribution in [0.3, 0.4) is 0 Å². The van der Waals surface area contributed by atoms with Gasteiger partial charge < -0.3 is 14.4 Å². The van der Waals surface area contributed by atoms with Crippen molar-refractivity contribution in [2.75, 3.05) is 7.11 Å². The molecule has 2 rings (SSSR count). The Balaban J connectivity index is 2.33. The third-order valence-corrected chi connectivity index (χ3v) is 2.61. The van der Waals surface area contributed by atoms with Crippen molar-refractivity contribution >= 4 is 0 Å². The van der Waals surface area contributed by atoms with Crippen molar-refractivity contribution in [3.63, 3.8) is 0 Å². The third-order valence-electron chi connectivity index (χ3n) is 2.61. The first-order valence-corrected chi connectivity index (χ1v) is 6.09. The Kier molecular flexibility index (Phi) is 3.46. The van der Waals surface area contributed by atoms with Gasteiger partial charge >= 0.3 is 0 Å². The van der Waals surface area contributed by atoms with Crippen LogP contribution < -0.4 is 4.74 Å². The van der Waals surface area contributed by atoms with Crippen LogP contribution in [0.25, 0.3) is 11.5 Å². The van der Waals surface area contributed by atoms with Crippen LogP contribution >= 0.6 is 0 Å². The number of para-hydroxylation sites is 1. The Morgan fingerprint density at radius 2 is 2.05 bits per heavy atom. The van der Waals surface area contributed by atoms with Crippen LogP contribution in [0.15, 0.2) is 22.7 Å². The number of aromatic nitrogens is 2. The van der Waals surface area contributed by atoms with E-state index in [1.54, 1.807) is 18.2 Å². The molecule has 0 radical (unpaired) electrons. The zero-order valence-corrected chi connectivity index (χ0v) is 11.6. The third kappa shape index (κ3) is 3.05. The minimum absolute atomic E-state index is 0.0101. The number of nitrogens with zero attached hydrogens (tertiary/aromatic N) is 2. The molecule has 0 bridgehead atoms. The van der Waals surface area contributed by atoms with Crippen molar-refractivity contribution in [3.05, 3.63) is 24.0 Å². The van der Waals surface area contributed by atoms with Gasteiger partial charge in [0.05, 0.1) is 12.7 Å². The van der Waals surface area contributed by atoms with Gasteiger partial charge in [0.2, 0.25) is 0 Å². The van der Waals surface area contributed by atoms with Crippen LogP contribution in [0.2, 0.25) is 0 Å². The molecule has 102 valence electrons. The van der Waals surface area contributed by atoms with Gasteiger partial charge in [-0.15, -0.1) is 0 Å². The molecule has 0 aliphatic rings. The Morgan fingerprint density at radius 1 is 1.32 bits per heavy atom. The normalized spacial score (nSPS) is 11.6. The first kappa shape index (κ1) is 13.4. The van der Waals surface area contributed by atoms with Gasteiger partial charge in [0.1, 0.15) is 0 Å².